The van der Waals surface area contributed by atoms with Crippen LogP contribution in [0.5, 0.6) is 0 Å². The van der Waals surface area contributed by atoms with E-state index in [0.717, 1.165) is 18.6 Å². The van der Waals surface area contributed by atoms with Gasteiger partial charge < -0.3 is 14.9 Å². The van der Waals surface area contributed by atoms with Gasteiger partial charge in [0.25, 0.3) is 5.91 Å². The Morgan fingerprint density at radius 3 is 2.90 bits per heavy atom. The number of nitrogens with zero attached hydrogens (tertiary/aromatic N) is 4. The van der Waals surface area contributed by atoms with Crippen LogP contribution < -0.4 is 5.32 Å². The number of nitrogens with one attached hydrogen (secondary N) is 1. The van der Waals surface area contributed by atoms with E-state index in [2.05, 4.69) is 20.8 Å². The molecule has 1 amide bonds. The van der Waals surface area contributed by atoms with Gasteiger partial charge in [-0.1, -0.05) is 10.4 Å². The predicted octanol–water partition coefficient (Wildman–Crippen LogP) is 0.272. The largest absolute Gasteiger partial charge is 0.476 e. The monoisotopic (exact) mass is 291 g/mol. The van der Waals surface area contributed by atoms with Crippen molar-refractivity contribution < 1.29 is 19.2 Å². The zero-order valence-electron chi connectivity index (χ0n) is 11.0. The van der Waals surface area contributed by atoms with Gasteiger partial charge in [0.15, 0.2) is 11.4 Å². The lowest BCUT2D eigenvalue weighted by Gasteiger charge is -2.01. The number of hydrogen-bond acceptors (Lipinski definition) is 6. The van der Waals surface area contributed by atoms with Crippen molar-refractivity contribution in [2.45, 2.75) is 25.3 Å². The second kappa shape index (κ2) is 5.35. The van der Waals surface area contributed by atoms with Gasteiger partial charge in [-0.15, -0.1) is 5.10 Å². The van der Waals surface area contributed by atoms with E-state index < -0.39 is 5.97 Å². The second-order valence-corrected chi connectivity index (χ2v) is 4.82. The van der Waals surface area contributed by atoms with E-state index >= 15 is 0 Å². The fraction of sp³-hybridized carbons (Fsp3) is 0.417. The minimum absolute atomic E-state index is 0.132. The van der Waals surface area contributed by atoms with Gasteiger partial charge in [0.05, 0.1) is 12.7 Å². The van der Waals surface area contributed by atoms with Crippen molar-refractivity contribution in [2.75, 3.05) is 6.54 Å². The van der Waals surface area contributed by atoms with Gasteiger partial charge in [-0.3, -0.25) is 4.79 Å². The van der Waals surface area contributed by atoms with Crippen LogP contribution in [-0.2, 0) is 6.54 Å². The molecule has 0 atom stereocenters. The summed E-state index contributed by atoms with van der Waals surface area (Å²) in [6, 6.07) is 1.66. The highest BCUT2D eigenvalue weighted by Crippen LogP contribution is 2.40. The molecule has 9 nitrogen and oxygen atoms in total. The van der Waals surface area contributed by atoms with Crippen molar-refractivity contribution in [1.29, 1.82) is 0 Å². The Morgan fingerprint density at radius 2 is 2.24 bits per heavy atom. The number of hydrogen-bond donors (Lipinski definition) is 2. The molecule has 3 rings (SSSR count). The maximum absolute atomic E-state index is 11.8. The highest BCUT2D eigenvalue weighted by atomic mass is 16.5. The number of carbonyl (C=O) groups is 2. The highest BCUT2D eigenvalue weighted by molar-refractivity contribution is 5.92. The topological polar surface area (TPSA) is 123 Å². The standard InChI is InChI=1S/C12H13N5O4/c18-11(8-5-10(21-15-8)7-1-2-7)13-3-4-17-6-9(12(19)20)14-16-17/h5-7H,1-4H2,(H,13,18)(H,19,20). The van der Waals surface area contributed by atoms with E-state index in [1.807, 2.05) is 0 Å². The number of carboxylic acid groups (broad SMARTS) is 1. The number of carbonyl (C=O) groups excluding carboxylic acids is 1. The van der Waals surface area contributed by atoms with E-state index in [1.165, 1.54) is 10.9 Å². The van der Waals surface area contributed by atoms with Gasteiger partial charge in [-0.2, -0.15) is 0 Å². The van der Waals surface area contributed by atoms with Gasteiger partial charge in [-0.05, 0) is 12.8 Å². The van der Waals surface area contributed by atoms with Gasteiger partial charge >= 0.3 is 5.97 Å². The molecular formula is C12H13N5O4. The van der Waals surface area contributed by atoms with Crippen LogP contribution in [0.2, 0.25) is 0 Å². The van der Waals surface area contributed by atoms with Gasteiger partial charge in [0.1, 0.15) is 5.76 Å². The minimum atomic E-state index is -1.14. The molecule has 2 N–H and O–H groups in total. The fourth-order valence-corrected chi connectivity index (χ4v) is 1.84. The van der Waals surface area contributed by atoms with Crippen LogP contribution in [0.1, 0.15) is 45.5 Å². The molecule has 0 aliphatic heterocycles. The molecule has 110 valence electrons. The van der Waals surface area contributed by atoms with Crippen LogP contribution in [0.4, 0.5) is 0 Å². The molecule has 2 aromatic rings. The average molecular weight is 291 g/mol. The third-order valence-electron chi connectivity index (χ3n) is 3.12. The normalized spacial score (nSPS) is 14.1. The molecule has 0 bridgehead atoms. The first-order valence-electron chi connectivity index (χ1n) is 6.51. The SMILES string of the molecule is O=C(O)c1cn(CCNC(=O)c2cc(C3CC3)on2)nn1. The molecule has 0 aromatic carbocycles. The molecule has 9 heteroatoms. The van der Waals surface area contributed by atoms with Crippen molar-refractivity contribution in [3.63, 3.8) is 0 Å². The number of rotatable bonds is 6. The van der Waals surface area contributed by atoms with Crippen molar-refractivity contribution in [2.24, 2.45) is 0 Å². The van der Waals surface area contributed by atoms with E-state index in [-0.39, 0.29) is 23.8 Å². The van der Waals surface area contributed by atoms with E-state index in [9.17, 15) is 9.59 Å². The quantitative estimate of drug-likeness (QED) is 0.783. The predicted molar refractivity (Wildman–Crippen MR) is 67.8 cm³/mol. The summed E-state index contributed by atoms with van der Waals surface area (Å²) in [7, 11) is 0. The lowest BCUT2D eigenvalue weighted by Crippen LogP contribution is -2.27. The molecule has 0 unspecified atom stereocenters. The molecule has 1 aliphatic rings. The van der Waals surface area contributed by atoms with Crippen molar-refractivity contribution >= 4 is 11.9 Å². The summed E-state index contributed by atoms with van der Waals surface area (Å²) in [5.41, 5.74) is 0.119. The molecule has 2 heterocycles. The Morgan fingerprint density at radius 1 is 1.43 bits per heavy atom. The van der Waals surface area contributed by atoms with Crippen LogP contribution in [0.15, 0.2) is 16.8 Å². The number of aromatic carboxylic acids is 1. The molecule has 0 radical (unpaired) electrons. The smallest absolute Gasteiger partial charge is 0.358 e. The van der Waals surface area contributed by atoms with Crippen LogP contribution >= 0.6 is 0 Å². The lowest BCUT2D eigenvalue weighted by atomic mass is 10.3. The zero-order valence-corrected chi connectivity index (χ0v) is 11.0. The number of carboxylic acids is 1. The summed E-state index contributed by atoms with van der Waals surface area (Å²) in [4.78, 5) is 22.5. The minimum Gasteiger partial charge on any atom is -0.476 e. The van der Waals surface area contributed by atoms with Crippen molar-refractivity contribution in [3.05, 3.63) is 29.4 Å². The first kappa shape index (κ1) is 13.3. The van der Waals surface area contributed by atoms with Crippen LogP contribution in [0, 0.1) is 0 Å². The first-order chi connectivity index (χ1) is 10.1. The molecule has 2 aromatic heterocycles. The number of aromatic nitrogens is 4. The van der Waals surface area contributed by atoms with E-state index in [1.54, 1.807) is 6.07 Å². The first-order valence-corrected chi connectivity index (χ1v) is 6.51. The van der Waals surface area contributed by atoms with E-state index in [4.69, 9.17) is 9.63 Å². The van der Waals surface area contributed by atoms with Crippen LogP contribution in [-0.4, -0.2) is 43.7 Å². The Bertz CT molecular complexity index is 673. The van der Waals surface area contributed by atoms with Gasteiger partial charge in [0, 0.05) is 18.5 Å². The summed E-state index contributed by atoms with van der Waals surface area (Å²) in [5.74, 6) is -0.309. The maximum atomic E-state index is 11.8. The van der Waals surface area contributed by atoms with Crippen molar-refractivity contribution in [1.82, 2.24) is 25.5 Å². The molecule has 1 saturated carbocycles. The Balaban J connectivity index is 1.49. The second-order valence-electron chi connectivity index (χ2n) is 4.82. The Kier molecular flexibility index (Phi) is 3.38. The highest BCUT2D eigenvalue weighted by Gasteiger charge is 2.28. The average Bonchev–Trinajstić information content (AvgIpc) is 3.01. The summed E-state index contributed by atoms with van der Waals surface area (Å²) >= 11 is 0. The third kappa shape index (κ3) is 3.07. The molecule has 1 aliphatic carbocycles. The number of amides is 1. The zero-order chi connectivity index (χ0) is 14.8. The van der Waals surface area contributed by atoms with E-state index in [0.29, 0.717) is 12.5 Å². The fourth-order valence-electron chi connectivity index (χ4n) is 1.84. The van der Waals surface area contributed by atoms with Crippen molar-refractivity contribution in [3.8, 4) is 0 Å². The molecular weight excluding hydrogens is 278 g/mol. The summed E-state index contributed by atoms with van der Waals surface area (Å²) in [6.07, 6.45) is 3.46. The molecule has 1 fully saturated rings. The van der Waals surface area contributed by atoms with Crippen LogP contribution in [0.3, 0.4) is 0 Å². The van der Waals surface area contributed by atoms with Crippen LogP contribution in [0.25, 0.3) is 0 Å². The maximum Gasteiger partial charge on any atom is 0.358 e. The molecule has 21 heavy (non-hydrogen) atoms. The van der Waals surface area contributed by atoms with Gasteiger partial charge in [0.2, 0.25) is 0 Å². The third-order valence-corrected chi connectivity index (χ3v) is 3.12. The molecule has 0 saturated heterocycles. The van der Waals surface area contributed by atoms with Gasteiger partial charge in [-0.25, -0.2) is 9.48 Å². The summed E-state index contributed by atoms with van der Waals surface area (Å²) in [5, 5.41) is 22.2. The lowest BCUT2D eigenvalue weighted by molar-refractivity contribution is 0.0690. The summed E-state index contributed by atoms with van der Waals surface area (Å²) < 4.78 is 6.45. The Labute approximate surface area is 118 Å². The Hall–Kier alpha value is -2.71. The summed E-state index contributed by atoms with van der Waals surface area (Å²) in [6.45, 7) is 0.603. The molecule has 0 spiro atoms.